The van der Waals surface area contributed by atoms with Gasteiger partial charge >= 0.3 is 0 Å². The van der Waals surface area contributed by atoms with Gasteiger partial charge in [-0.3, -0.25) is 4.79 Å². The van der Waals surface area contributed by atoms with Crippen molar-refractivity contribution in [3.8, 4) is 11.6 Å². The van der Waals surface area contributed by atoms with Crippen molar-refractivity contribution >= 4 is 46.5 Å². The summed E-state index contributed by atoms with van der Waals surface area (Å²) >= 11 is 18.3. The van der Waals surface area contributed by atoms with Crippen LogP contribution in [0.4, 0.5) is 5.82 Å². The molecule has 3 rings (SSSR count). The summed E-state index contributed by atoms with van der Waals surface area (Å²) in [5, 5.41) is 8.50. The van der Waals surface area contributed by atoms with E-state index in [9.17, 15) is 4.79 Å². The summed E-state index contributed by atoms with van der Waals surface area (Å²) in [6, 6.07) is 6.84. The van der Waals surface area contributed by atoms with Crippen molar-refractivity contribution in [3.63, 3.8) is 0 Å². The number of benzene rings is 1. The molecule has 0 unspecified atom stereocenters. The lowest BCUT2D eigenvalue weighted by molar-refractivity contribution is -0.118. The molecule has 1 N–H and O–H groups in total. The summed E-state index contributed by atoms with van der Waals surface area (Å²) < 4.78 is 7.04. The zero-order valence-corrected chi connectivity index (χ0v) is 17.7. The first-order chi connectivity index (χ1) is 13.2. The minimum Gasteiger partial charge on any atom is -0.484 e. The molecular formula is C19H17Cl3N4O2. The maximum absolute atomic E-state index is 12.4. The third kappa shape index (κ3) is 4.58. The van der Waals surface area contributed by atoms with Gasteiger partial charge in [-0.2, -0.15) is 9.78 Å². The van der Waals surface area contributed by atoms with Gasteiger partial charge in [0.15, 0.2) is 12.4 Å². The van der Waals surface area contributed by atoms with Crippen molar-refractivity contribution in [2.24, 2.45) is 0 Å². The van der Waals surface area contributed by atoms with E-state index >= 15 is 0 Å². The Morgan fingerprint density at radius 3 is 2.43 bits per heavy atom. The standard InChI is InChI=1S/C19H17Cl3N4O2/c1-10-4-14(5-11(2)18(10)22)28-9-17(27)24-16-6-12(3)25-26(16)19-15(21)7-13(20)8-23-19/h4-8H,9H2,1-3H3,(H,24,27). The van der Waals surface area contributed by atoms with Gasteiger partial charge in [-0.25, -0.2) is 4.98 Å². The van der Waals surface area contributed by atoms with Crippen molar-refractivity contribution in [2.75, 3.05) is 11.9 Å². The number of rotatable bonds is 5. The fraction of sp³-hybridized carbons (Fsp3) is 0.211. The zero-order chi connectivity index (χ0) is 20.4. The second-order valence-electron chi connectivity index (χ2n) is 6.25. The number of carbonyl (C=O) groups is 1. The number of halogens is 3. The van der Waals surface area contributed by atoms with E-state index < -0.39 is 0 Å². The highest BCUT2D eigenvalue weighted by molar-refractivity contribution is 6.35. The second kappa shape index (κ2) is 8.39. The lowest BCUT2D eigenvalue weighted by Crippen LogP contribution is -2.22. The third-order valence-electron chi connectivity index (χ3n) is 3.87. The summed E-state index contributed by atoms with van der Waals surface area (Å²) in [5.74, 6) is 1.00. The Bertz CT molecular complexity index is 1030. The average Bonchev–Trinajstić information content (AvgIpc) is 2.97. The number of nitrogens with zero attached hydrogens (tertiary/aromatic N) is 3. The van der Waals surface area contributed by atoms with Gasteiger partial charge in [-0.15, -0.1) is 0 Å². The molecule has 0 bridgehead atoms. The van der Waals surface area contributed by atoms with Crippen molar-refractivity contribution in [2.45, 2.75) is 20.8 Å². The number of hydrogen-bond donors (Lipinski definition) is 1. The summed E-state index contributed by atoms with van der Waals surface area (Å²) in [6.45, 7) is 5.39. The predicted molar refractivity (Wildman–Crippen MR) is 111 cm³/mol. The van der Waals surface area contributed by atoms with E-state index in [0.29, 0.717) is 38.1 Å². The Morgan fingerprint density at radius 1 is 1.11 bits per heavy atom. The molecule has 0 spiro atoms. The fourth-order valence-electron chi connectivity index (χ4n) is 2.63. The molecule has 0 radical (unpaired) electrons. The molecule has 0 saturated carbocycles. The van der Waals surface area contributed by atoms with Crippen LogP contribution in [0, 0.1) is 20.8 Å². The fourth-order valence-corrected chi connectivity index (χ4v) is 3.20. The van der Waals surface area contributed by atoms with Crippen LogP contribution in [-0.2, 0) is 4.79 Å². The van der Waals surface area contributed by atoms with Crippen molar-refractivity contribution in [1.29, 1.82) is 0 Å². The van der Waals surface area contributed by atoms with Crippen LogP contribution in [0.3, 0.4) is 0 Å². The van der Waals surface area contributed by atoms with E-state index in [4.69, 9.17) is 39.5 Å². The van der Waals surface area contributed by atoms with Crippen LogP contribution < -0.4 is 10.1 Å². The number of hydrogen-bond acceptors (Lipinski definition) is 4. The second-order valence-corrected chi connectivity index (χ2v) is 7.47. The Hall–Kier alpha value is -2.28. The maximum Gasteiger partial charge on any atom is 0.263 e. The van der Waals surface area contributed by atoms with Crippen LogP contribution in [0.2, 0.25) is 15.1 Å². The predicted octanol–water partition coefficient (Wildman–Crippen LogP) is 5.17. The minimum absolute atomic E-state index is 0.174. The summed E-state index contributed by atoms with van der Waals surface area (Å²) in [5.41, 5.74) is 2.46. The highest BCUT2D eigenvalue weighted by Gasteiger charge is 2.15. The average molecular weight is 440 g/mol. The van der Waals surface area contributed by atoms with Gasteiger partial charge in [0, 0.05) is 17.3 Å². The largest absolute Gasteiger partial charge is 0.484 e. The van der Waals surface area contributed by atoms with E-state index in [1.807, 2.05) is 13.8 Å². The zero-order valence-electron chi connectivity index (χ0n) is 15.4. The first-order valence-electron chi connectivity index (χ1n) is 8.32. The summed E-state index contributed by atoms with van der Waals surface area (Å²) in [7, 11) is 0. The van der Waals surface area contributed by atoms with Crippen LogP contribution >= 0.6 is 34.8 Å². The molecule has 6 nitrogen and oxygen atoms in total. The molecule has 9 heteroatoms. The lowest BCUT2D eigenvalue weighted by Gasteiger charge is -2.11. The number of amides is 1. The van der Waals surface area contributed by atoms with Gasteiger partial charge in [0.05, 0.1) is 15.7 Å². The number of pyridine rings is 1. The molecule has 2 heterocycles. The topological polar surface area (TPSA) is 69.0 Å². The Kier molecular flexibility index (Phi) is 6.13. The van der Waals surface area contributed by atoms with Crippen LogP contribution in [0.5, 0.6) is 5.75 Å². The molecule has 0 aliphatic carbocycles. The minimum atomic E-state index is -0.350. The van der Waals surface area contributed by atoms with E-state index in [2.05, 4.69) is 15.4 Å². The smallest absolute Gasteiger partial charge is 0.263 e. The van der Waals surface area contributed by atoms with Crippen LogP contribution in [0.15, 0.2) is 30.5 Å². The van der Waals surface area contributed by atoms with Crippen LogP contribution in [0.1, 0.15) is 16.8 Å². The van der Waals surface area contributed by atoms with Crippen molar-refractivity contribution in [1.82, 2.24) is 14.8 Å². The van der Waals surface area contributed by atoms with Gasteiger partial charge in [-0.05, 0) is 50.1 Å². The van der Waals surface area contributed by atoms with Gasteiger partial charge in [0.2, 0.25) is 0 Å². The molecule has 0 aliphatic heterocycles. The SMILES string of the molecule is Cc1cc(NC(=O)COc2cc(C)c(Cl)c(C)c2)n(-c2ncc(Cl)cc2Cl)n1. The summed E-state index contributed by atoms with van der Waals surface area (Å²) in [6.07, 6.45) is 1.46. The molecule has 1 aromatic carbocycles. The van der Waals surface area contributed by atoms with E-state index in [-0.39, 0.29) is 12.5 Å². The van der Waals surface area contributed by atoms with Crippen molar-refractivity contribution < 1.29 is 9.53 Å². The van der Waals surface area contributed by atoms with Gasteiger partial charge < -0.3 is 10.1 Å². The Labute approximate surface area is 177 Å². The van der Waals surface area contributed by atoms with Gasteiger partial charge in [0.25, 0.3) is 5.91 Å². The molecule has 0 aliphatic rings. The molecule has 0 atom stereocenters. The van der Waals surface area contributed by atoms with Crippen LogP contribution in [-0.4, -0.2) is 27.3 Å². The van der Waals surface area contributed by atoms with Crippen LogP contribution in [0.25, 0.3) is 5.82 Å². The number of aryl methyl sites for hydroxylation is 3. The highest BCUT2D eigenvalue weighted by atomic mass is 35.5. The highest BCUT2D eigenvalue weighted by Crippen LogP contribution is 2.27. The monoisotopic (exact) mass is 438 g/mol. The molecule has 146 valence electrons. The molecule has 0 fully saturated rings. The first-order valence-corrected chi connectivity index (χ1v) is 9.45. The number of carbonyl (C=O) groups excluding carboxylic acids is 1. The molecular weight excluding hydrogens is 423 g/mol. The molecule has 28 heavy (non-hydrogen) atoms. The lowest BCUT2D eigenvalue weighted by atomic mass is 10.1. The van der Waals surface area contributed by atoms with E-state index in [1.165, 1.54) is 10.9 Å². The third-order valence-corrected chi connectivity index (χ3v) is 4.95. The van der Waals surface area contributed by atoms with E-state index in [0.717, 1.165) is 11.1 Å². The number of nitrogens with one attached hydrogen (secondary N) is 1. The first kappa shape index (κ1) is 20.5. The quantitative estimate of drug-likeness (QED) is 0.595. The number of anilines is 1. The van der Waals surface area contributed by atoms with E-state index in [1.54, 1.807) is 31.2 Å². The molecule has 0 saturated heterocycles. The normalized spacial score (nSPS) is 10.8. The number of ether oxygens (including phenoxy) is 1. The number of aromatic nitrogens is 3. The maximum atomic E-state index is 12.4. The Balaban J connectivity index is 1.74. The van der Waals surface area contributed by atoms with Crippen molar-refractivity contribution in [3.05, 3.63) is 62.4 Å². The van der Waals surface area contributed by atoms with Gasteiger partial charge in [0.1, 0.15) is 11.6 Å². The van der Waals surface area contributed by atoms with Gasteiger partial charge in [-0.1, -0.05) is 34.8 Å². The summed E-state index contributed by atoms with van der Waals surface area (Å²) in [4.78, 5) is 16.6. The molecule has 2 aromatic heterocycles. The Morgan fingerprint density at radius 2 is 1.79 bits per heavy atom. The molecule has 1 amide bonds. The molecule has 3 aromatic rings.